The second-order valence-electron chi connectivity index (χ2n) is 9.70. The molecule has 2 atom stereocenters. The number of aliphatic carboxylic acids is 1. The Morgan fingerprint density at radius 1 is 1.00 bits per heavy atom. The number of hydrogen-bond donors (Lipinski definition) is 2. The molecule has 5 rings (SSSR count). The molecule has 0 radical (unpaired) electrons. The highest BCUT2D eigenvalue weighted by atomic mass is 16.5. The first-order valence-corrected chi connectivity index (χ1v) is 12.0. The molecule has 2 N–H and O–H groups in total. The number of alkyl carbamates (subject to hydrolysis) is 1. The fourth-order valence-corrected chi connectivity index (χ4v) is 5.88. The van der Waals surface area contributed by atoms with Crippen molar-refractivity contribution >= 4 is 18.0 Å². The Morgan fingerprint density at radius 2 is 1.62 bits per heavy atom. The molecule has 0 spiro atoms. The Morgan fingerprint density at radius 3 is 2.18 bits per heavy atom. The molecule has 34 heavy (non-hydrogen) atoms. The maximum absolute atomic E-state index is 13.2. The average Bonchev–Trinajstić information content (AvgIpc) is 3.38. The van der Waals surface area contributed by atoms with Gasteiger partial charge in [-0.05, 0) is 54.4 Å². The zero-order valence-electron chi connectivity index (χ0n) is 19.3. The van der Waals surface area contributed by atoms with E-state index in [0.717, 1.165) is 24.0 Å². The van der Waals surface area contributed by atoms with Gasteiger partial charge in [0.2, 0.25) is 5.91 Å². The number of ether oxygens (including phenoxy) is 1. The normalized spacial score (nSPS) is 22.3. The topological polar surface area (TPSA) is 95.9 Å². The largest absolute Gasteiger partial charge is 0.479 e. The molecule has 3 aliphatic carbocycles. The molecule has 7 heteroatoms. The molecule has 2 unspecified atom stereocenters. The summed E-state index contributed by atoms with van der Waals surface area (Å²) < 4.78 is 5.66. The number of hydrogen-bond acceptors (Lipinski definition) is 4. The van der Waals surface area contributed by atoms with Crippen molar-refractivity contribution in [3.63, 3.8) is 0 Å². The molecule has 178 valence electrons. The molecule has 2 aromatic rings. The van der Waals surface area contributed by atoms with Crippen molar-refractivity contribution in [3.8, 4) is 11.1 Å². The average molecular weight is 463 g/mol. The van der Waals surface area contributed by atoms with Crippen LogP contribution < -0.4 is 5.32 Å². The molecular formula is C27H30N2O5. The molecule has 0 saturated heterocycles. The first-order valence-electron chi connectivity index (χ1n) is 12.0. The molecular weight excluding hydrogens is 432 g/mol. The van der Waals surface area contributed by atoms with Gasteiger partial charge in [-0.2, -0.15) is 0 Å². The number of benzene rings is 2. The van der Waals surface area contributed by atoms with Gasteiger partial charge in [-0.25, -0.2) is 9.59 Å². The molecule has 2 saturated carbocycles. The number of carbonyl (C=O) groups excluding carboxylic acids is 2. The number of carbonyl (C=O) groups is 3. The highest BCUT2D eigenvalue weighted by Crippen LogP contribution is 2.44. The van der Waals surface area contributed by atoms with Crippen molar-refractivity contribution in [2.75, 3.05) is 13.7 Å². The maximum Gasteiger partial charge on any atom is 0.407 e. The second-order valence-corrected chi connectivity index (χ2v) is 9.70. The Hall–Kier alpha value is -3.35. The molecule has 3 aliphatic rings. The molecule has 0 heterocycles. The predicted molar refractivity (Wildman–Crippen MR) is 126 cm³/mol. The number of nitrogens with zero attached hydrogens (tertiary/aromatic N) is 1. The molecule has 0 aromatic heterocycles. The van der Waals surface area contributed by atoms with E-state index >= 15 is 0 Å². The van der Waals surface area contributed by atoms with Crippen molar-refractivity contribution in [2.24, 2.45) is 5.92 Å². The van der Waals surface area contributed by atoms with E-state index in [1.165, 1.54) is 16.0 Å². The number of carboxylic acid groups (broad SMARTS) is 1. The van der Waals surface area contributed by atoms with Gasteiger partial charge in [-0.15, -0.1) is 0 Å². The summed E-state index contributed by atoms with van der Waals surface area (Å²) in [5, 5.41) is 12.6. The quantitative estimate of drug-likeness (QED) is 0.672. The van der Waals surface area contributed by atoms with Gasteiger partial charge in [0.1, 0.15) is 12.1 Å². The van der Waals surface area contributed by atoms with Gasteiger partial charge in [-0.3, -0.25) is 4.79 Å². The Kier molecular flexibility index (Phi) is 5.80. The number of rotatable bonds is 6. The van der Waals surface area contributed by atoms with E-state index in [-0.39, 0.29) is 24.5 Å². The van der Waals surface area contributed by atoms with E-state index in [1.807, 2.05) is 24.3 Å². The minimum atomic E-state index is -1.10. The van der Waals surface area contributed by atoms with Crippen molar-refractivity contribution in [1.29, 1.82) is 0 Å². The van der Waals surface area contributed by atoms with Gasteiger partial charge in [0.25, 0.3) is 0 Å². The Balaban J connectivity index is 1.23. The van der Waals surface area contributed by atoms with Crippen LogP contribution in [-0.4, -0.2) is 53.2 Å². The number of nitrogens with one attached hydrogen (secondary N) is 1. The van der Waals surface area contributed by atoms with Crippen molar-refractivity contribution in [3.05, 3.63) is 59.7 Å². The van der Waals surface area contributed by atoms with E-state index in [2.05, 4.69) is 29.6 Å². The number of amides is 2. The van der Waals surface area contributed by atoms with Crippen molar-refractivity contribution < 1.29 is 24.2 Å². The Bertz CT molecular complexity index is 1080. The summed E-state index contributed by atoms with van der Waals surface area (Å²) in [7, 11) is 1.58. The smallest absolute Gasteiger partial charge is 0.407 e. The van der Waals surface area contributed by atoms with Crippen LogP contribution in [0.1, 0.15) is 55.6 Å². The fourth-order valence-electron chi connectivity index (χ4n) is 5.88. The zero-order chi connectivity index (χ0) is 23.9. The molecule has 0 bridgehead atoms. The third-order valence-electron chi connectivity index (χ3n) is 8.03. The van der Waals surface area contributed by atoms with Crippen LogP contribution in [0.2, 0.25) is 0 Å². The summed E-state index contributed by atoms with van der Waals surface area (Å²) in [5.74, 6) is -1.61. The highest BCUT2D eigenvalue weighted by Gasteiger charge is 2.52. The lowest BCUT2D eigenvalue weighted by molar-refractivity contribution is -0.166. The summed E-state index contributed by atoms with van der Waals surface area (Å²) in [6.07, 6.45) is 3.32. The van der Waals surface area contributed by atoms with Gasteiger partial charge >= 0.3 is 12.1 Å². The van der Waals surface area contributed by atoms with Crippen LogP contribution in [0.15, 0.2) is 48.5 Å². The van der Waals surface area contributed by atoms with E-state index in [9.17, 15) is 19.5 Å². The Labute approximate surface area is 199 Å². The third kappa shape index (κ3) is 3.63. The van der Waals surface area contributed by atoms with E-state index in [4.69, 9.17) is 4.74 Å². The molecule has 0 aliphatic heterocycles. The number of carboxylic acids is 1. The molecule has 2 fully saturated rings. The first kappa shape index (κ1) is 22.4. The predicted octanol–water partition coefficient (Wildman–Crippen LogP) is 4.16. The molecule has 2 aromatic carbocycles. The monoisotopic (exact) mass is 462 g/mol. The highest BCUT2D eigenvalue weighted by molar-refractivity contribution is 5.89. The first-order chi connectivity index (χ1) is 16.4. The van der Waals surface area contributed by atoms with Crippen LogP contribution in [0.4, 0.5) is 4.79 Å². The minimum Gasteiger partial charge on any atom is -0.479 e. The van der Waals surface area contributed by atoms with Crippen LogP contribution in [0.5, 0.6) is 0 Å². The number of likely N-dealkylation sites (N-methyl/N-ethyl adjacent to an activating group) is 1. The lowest BCUT2D eigenvalue weighted by atomic mass is 9.75. The van der Waals surface area contributed by atoms with E-state index in [1.54, 1.807) is 7.05 Å². The van der Waals surface area contributed by atoms with Crippen LogP contribution >= 0.6 is 0 Å². The van der Waals surface area contributed by atoms with Crippen LogP contribution in [-0.2, 0) is 14.3 Å². The second kappa shape index (κ2) is 8.78. The van der Waals surface area contributed by atoms with Crippen LogP contribution in [0.25, 0.3) is 11.1 Å². The van der Waals surface area contributed by atoms with Gasteiger partial charge in [0.15, 0.2) is 0 Å². The van der Waals surface area contributed by atoms with Gasteiger partial charge in [-0.1, -0.05) is 55.0 Å². The van der Waals surface area contributed by atoms with Crippen LogP contribution in [0, 0.1) is 5.92 Å². The van der Waals surface area contributed by atoms with E-state index in [0.29, 0.717) is 25.7 Å². The third-order valence-corrected chi connectivity index (χ3v) is 8.03. The van der Waals surface area contributed by atoms with Gasteiger partial charge in [0.05, 0.1) is 5.92 Å². The lowest BCUT2D eigenvalue weighted by Crippen LogP contribution is -2.61. The summed E-state index contributed by atoms with van der Waals surface area (Å²) in [6, 6.07) is 16.0. The van der Waals surface area contributed by atoms with Crippen molar-refractivity contribution in [1.82, 2.24) is 10.2 Å². The van der Waals surface area contributed by atoms with E-state index < -0.39 is 23.5 Å². The summed E-state index contributed by atoms with van der Waals surface area (Å²) in [4.78, 5) is 39.2. The van der Waals surface area contributed by atoms with Gasteiger partial charge in [0, 0.05) is 19.0 Å². The SMILES string of the molecule is CN(C(=O)C1CCCC1NC(=O)OCC1c2ccccc2-c2ccccc21)C1(C(=O)O)CCC1. The van der Waals surface area contributed by atoms with Crippen LogP contribution in [0.3, 0.4) is 0 Å². The van der Waals surface area contributed by atoms with Gasteiger partial charge < -0.3 is 20.1 Å². The minimum absolute atomic E-state index is 0.0284. The standard InChI is InChI=1S/C27H30N2O5/c1-29(27(25(31)32)14-7-15-27)24(30)21-12-6-13-23(21)28-26(33)34-16-22-19-10-4-2-8-17(19)18-9-3-5-11-20(18)22/h2-5,8-11,21-23H,6-7,12-16H2,1H3,(H,28,33)(H,31,32). The fraction of sp³-hybridized carbons (Fsp3) is 0.444. The molecule has 7 nitrogen and oxygen atoms in total. The maximum atomic E-state index is 13.2. The number of fused-ring (bicyclic) bond motifs is 3. The summed E-state index contributed by atoms with van der Waals surface area (Å²) in [5.41, 5.74) is 3.52. The zero-order valence-corrected chi connectivity index (χ0v) is 19.3. The summed E-state index contributed by atoms with van der Waals surface area (Å²) in [6.45, 7) is 0.215. The summed E-state index contributed by atoms with van der Waals surface area (Å²) >= 11 is 0. The lowest BCUT2D eigenvalue weighted by Gasteiger charge is -2.46. The van der Waals surface area contributed by atoms with Crippen molar-refractivity contribution in [2.45, 2.75) is 56.0 Å². The molecule has 2 amide bonds.